The Morgan fingerprint density at radius 2 is 1.96 bits per heavy atom. The number of rotatable bonds is 3. The van der Waals surface area contributed by atoms with E-state index in [4.69, 9.17) is 23.2 Å². The van der Waals surface area contributed by atoms with Crippen molar-refractivity contribution in [2.24, 2.45) is 0 Å². The van der Waals surface area contributed by atoms with Gasteiger partial charge in [-0.2, -0.15) is 0 Å². The monoisotopic (exact) mass is 360 g/mol. The highest BCUT2D eigenvalue weighted by Gasteiger charge is 2.10. The minimum absolute atomic E-state index is 0.108. The minimum atomic E-state index is -0.195. The third-order valence-corrected chi connectivity index (χ3v) is 4.50. The van der Waals surface area contributed by atoms with E-state index < -0.39 is 0 Å². The van der Waals surface area contributed by atoms with Crippen molar-refractivity contribution in [2.75, 3.05) is 5.32 Å². The number of hydrogen-bond donors (Lipinski definition) is 2. The fourth-order valence-corrected chi connectivity index (χ4v) is 2.80. The maximum Gasteiger partial charge on any atom is 0.251 e. The molecule has 0 saturated heterocycles. The lowest BCUT2D eigenvalue weighted by atomic mass is 10.1. The Bertz CT molecular complexity index is 996. The summed E-state index contributed by atoms with van der Waals surface area (Å²) in [5.41, 5.74) is 2.59. The molecule has 2 N–H and O–H groups in total. The first-order valence-electron chi connectivity index (χ1n) is 7.30. The number of fused-ring (bicyclic) bond motifs is 1. The van der Waals surface area contributed by atoms with E-state index in [0.717, 1.165) is 16.5 Å². The largest absolute Gasteiger partial charge is 0.324 e. The average molecular weight is 361 g/mol. The quantitative estimate of drug-likeness (QED) is 0.730. The predicted octanol–water partition coefficient (Wildman–Crippen LogP) is 4.32. The smallest absolute Gasteiger partial charge is 0.251 e. The summed E-state index contributed by atoms with van der Waals surface area (Å²) in [4.78, 5) is 26.7. The first kappa shape index (κ1) is 16.6. The van der Waals surface area contributed by atoms with Gasteiger partial charge >= 0.3 is 0 Å². The van der Waals surface area contributed by atoms with Gasteiger partial charge in [-0.05, 0) is 48.2 Å². The van der Waals surface area contributed by atoms with Crippen LogP contribution in [-0.2, 0) is 11.2 Å². The van der Waals surface area contributed by atoms with Gasteiger partial charge in [-0.25, -0.2) is 0 Å². The normalized spacial score (nSPS) is 10.8. The second-order valence-electron chi connectivity index (χ2n) is 5.53. The maximum absolute atomic E-state index is 12.2. The predicted molar refractivity (Wildman–Crippen MR) is 98.1 cm³/mol. The van der Waals surface area contributed by atoms with Gasteiger partial charge < -0.3 is 10.3 Å². The summed E-state index contributed by atoms with van der Waals surface area (Å²) in [7, 11) is 0. The summed E-state index contributed by atoms with van der Waals surface area (Å²) in [6.07, 6.45) is 0.191. The van der Waals surface area contributed by atoms with Crippen LogP contribution in [0.3, 0.4) is 0 Å². The molecule has 1 aromatic heterocycles. The van der Waals surface area contributed by atoms with Crippen molar-refractivity contribution in [1.29, 1.82) is 0 Å². The van der Waals surface area contributed by atoms with Gasteiger partial charge in [-0.15, -0.1) is 0 Å². The molecule has 6 heteroatoms. The van der Waals surface area contributed by atoms with E-state index in [2.05, 4.69) is 10.3 Å². The summed E-state index contributed by atoms with van der Waals surface area (Å²) in [5.74, 6) is -0.195. The Kier molecular flexibility index (Phi) is 4.60. The van der Waals surface area contributed by atoms with Crippen LogP contribution in [-0.4, -0.2) is 10.9 Å². The molecule has 0 atom stereocenters. The van der Waals surface area contributed by atoms with Gasteiger partial charge in [0.25, 0.3) is 5.56 Å². The summed E-state index contributed by atoms with van der Waals surface area (Å²) in [5, 5.41) is 4.35. The van der Waals surface area contributed by atoms with Crippen LogP contribution in [0.15, 0.2) is 47.3 Å². The van der Waals surface area contributed by atoms with Gasteiger partial charge in [0.05, 0.1) is 22.2 Å². The van der Waals surface area contributed by atoms with E-state index in [1.54, 1.807) is 31.2 Å². The first-order chi connectivity index (χ1) is 11.4. The minimum Gasteiger partial charge on any atom is -0.324 e. The highest BCUT2D eigenvalue weighted by atomic mass is 35.5. The van der Waals surface area contributed by atoms with Gasteiger partial charge in [-0.3, -0.25) is 9.59 Å². The molecule has 0 unspecified atom stereocenters. The number of carbonyl (C=O) groups excluding carboxylic acids is 1. The molecule has 3 rings (SSSR count). The molecule has 1 heterocycles. The Labute approximate surface area is 148 Å². The summed E-state index contributed by atoms with van der Waals surface area (Å²) < 4.78 is 0. The molecule has 0 spiro atoms. The van der Waals surface area contributed by atoms with Gasteiger partial charge in [0.1, 0.15) is 0 Å². The van der Waals surface area contributed by atoms with Crippen molar-refractivity contribution in [3.8, 4) is 0 Å². The zero-order valence-corrected chi connectivity index (χ0v) is 14.3. The topological polar surface area (TPSA) is 62.0 Å². The lowest BCUT2D eigenvalue weighted by Crippen LogP contribution is -2.15. The Morgan fingerprint density at radius 1 is 1.17 bits per heavy atom. The second-order valence-corrected chi connectivity index (χ2v) is 6.31. The number of hydrogen-bond acceptors (Lipinski definition) is 2. The molecule has 0 saturated carbocycles. The molecular formula is C18H14Cl2N2O2. The third-order valence-electron chi connectivity index (χ3n) is 3.68. The van der Waals surface area contributed by atoms with Crippen molar-refractivity contribution in [3.63, 3.8) is 0 Å². The van der Waals surface area contributed by atoms with Crippen LogP contribution in [0, 0.1) is 6.92 Å². The van der Waals surface area contributed by atoms with Crippen LogP contribution in [0.5, 0.6) is 0 Å². The average Bonchev–Trinajstić information content (AvgIpc) is 2.53. The van der Waals surface area contributed by atoms with Crippen LogP contribution < -0.4 is 10.9 Å². The number of H-pyrrole nitrogens is 1. The lowest BCUT2D eigenvalue weighted by Gasteiger charge is -2.09. The van der Waals surface area contributed by atoms with Crippen LogP contribution in [0.25, 0.3) is 10.9 Å². The first-order valence-corrected chi connectivity index (χ1v) is 8.06. The number of aromatic amines is 1. The molecule has 2 aromatic carbocycles. The van der Waals surface area contributed by atoms with Crippen molar-refractivity contribution in [3.05, 3.63) is 74.0 Å². The molecular weight excluding hydrogens is 347 g/mol. The zero-order valence-electron chi connectivity index (χ0n) is 12.8. The summed E-state index contributed by atoms with van der Waals surface area (Å²) >= 11 is 12.0. The fraction of sp³-hybridized carbons (Fsp3) is 0.111. The molecule has 0 aliphatic heterocycles. The summed E-state index contributed by atoms with van der Waals surface area (Å²) in [6.45, 7) is 1.75. The zero-order chi connectivity index (χ0) is 17.3. The molecule has 122 valence electrons. The Hall–Kier alpha value is -2.30. The van der Waals surface area contributed by atoms with Gasteiger partial charge in [0, 0.05) is 11.1 Å². The number of amides is 1. The maximum atomic E-state index is 12.2. The van der Waals surface area contributed by atoms with Gasteiger partial charge in [0.15, 0.2) is 0 Å². The van der Waals surface area contributed by atoms with Gasteiger partial charge in [-0.1, -0.05) is 35.3 Å². The highest BCUT2D eigenvalue weighted by molar-refractivity contribution is 6.44. The fourth-order valence-electron chi connectivity index (χ4n) is 2.46. The molecule has 0 aliphatic carbocycles. The number of anilines is 1. The van der Waals surface area contributed by atoms with E-state index in [9.17, 15) is 9.59 Å². The van der Waals surface area contributed by atoms with Crippen molar-refractivity contribution >= 4 is 45.7 Å². The van der Waals surface area contributed by atoms with E-state index >= 15 is 0 Å². The number of aromatic nitrogens is 1. The van der Waals surface area contributed by atoms with Crippen molar-refractivity contribution < 1.29 is 4.79 Å². The molecule has 24 heavy (non-hydrogen) atoms. The van der Waals surface area contributed by atoms with Crippen LogP contribution in [0.2, 0.25) is 10.0 Å². The summed E-state index contributed by atoms with van der Waals surface area (Å²) in [6, 6.07) is 12.4. The SMILES string of the molecule is Cc1cc2cc(CC(=O)Nc3cccc(Cl)c3Cl)ccc2[nH]c1=O. The molecule has 0 aliphatic rings. The molecule has 3 aromatic rings. The van der Waals surface area contributed by atoms with Crippen LogP contribution in [0.1, 0.15) is 11.1 Å². The number of aryl methyl sites for hydroxylation is 1. The number of benzene rings is 2. The second kappa shape index (κ2) is 6.67. The van der Waals surface area contributed by atoms with Gasteiger partial charge in [0.2, 0.25) is 5.91 Å². The third kappa shape index (κ3) is 3.45. The van der Waals surface area contributed by atoms with Crippen LogP contribution >= 0.6 is 23.2 Å². The molecule has 0 radical (unpaired) electrons. The number of carbonyl (C=O) groups is 1. The van der Waals surface area contributed by atoms with E-state index in [1.165, 1.54) is 0 Å². The molecule has 0 fully saturated rings. The molecule has 1 amide bonds. The standard InChI is InChI=1S/C18H14Cl2N2O2/c1-10-7-12-8-11(5-6-14(12)22-18(10)24)9-16(23)21-15-4-2-3-13(19)17(15)20/h2-8H,9H2,1H3,(H,21,23)(H,22,24). The highest BCUT2D eigenvalue weighted by Crippen LogP contribution is 2.29. The van der Waals surface area contributed by atoms with E-state index in [1.807, 2.05) is 18.2 Å². The van der Waals surface area contributed by atoms with Crippen molar-refractivity contribution in [1.82, 2.24) is 4.98 Å². The molecule has 4 nitrogen and oxygen atoms in total. The van der Waals surface area contributed by atoms with E-state index in [-0.39, 0.29) is 17.9 Å². The number of nitrogens with one attached hydrogen (secondary N) is 2. The number of halogens is 2. The number of pyridine rings is 1. The molecule has 0 bridgehead atoms. The van der Waals surface area contributed by atoms with Crippen molar-refractivity contribution in [2.45, 2.75) is 13.3 Å². The van der Waals surface area contributed by atoms with Crippen LogP contribution in [0.4, 0.5) is 5.69 Å². The Morgan fingerprint density at radius 3 is 2.75 bits per heavy atom. The lowest BCUT2D eigenvalue weighted by molar-refractivity contribution is -0.115. The van der Waals surface area contributed by atoms with E-state index in [0.29, 0.717) is 21.3 Å². The Balaban J connectivity index is 1.81.